The molecule has 1 fully saturated rings. The predicted octanol–water partition coefficient (Wildman–Crippen LogP) is 4.74. The number of carbonyl (C=O) groups excluding carboxylic acids is 1. The van der Waals surface area contributed by atoms with Crippen molar-refractivity contribution >= 4 is 39.9 Å². The SMILES string of the molecule is Cc1ccnc(Nc2cc(N3CCN(C(=O)Nc4ccc5ccccc5c4)CC3)nc(C)n2)c1. The van der Waals surface area contributed by atoms with E-state index in [0.717, 1.165) is 33.7 Å². The summed E-state index contributed by atoms with van der Waals surface area (Å²) in [5.41, 5.74) is 1.93. The minimum atomic E-state index is -0.0818. The number of nitrogens with zero attached hydrogens (tertiary/aromatic N) is 5. The van der Waals surface area contributed by atoms with Crippen molar-refractivity contribution in [3.05, 3.63) is 78.2 Å². The summed E-state index contributed by atoms with van der Waals surface area (Å²) in [5, 5.41) is 8.56. The molecule has 8 nitrogen and oxygen atoms in total. The Morgan fingerprint density at radius 2 is 1.65 bits per heavy atom. The standard InChI is InChI=1S/C26H27N7O/c1-18-9-10-27-23(15-18)31-24-17-25(29-19(2)28-24)32-11-13-33(14-12-32)26(34)30-22-8-7-20-5-3-4-6-21(20)16-22/h3-10,15-17H,11-14H2,1-2H3,(H,30,34)(H,27,28,29,31). The first kappa shape index (κ1) is 21.6. The summed E-state index contributed by atoms with van der Waals surface area (Å²) in [7, 11) is 0. The second kappa shape index (κ2) is 9.35. The van der Waals surface area contributed by atoms with Gasteiger partial charge in [-0.05, 0) is 54.4 Å². The third kappa shape index (κ3) is 4.91. The monoisotopic (exact) mass is 453 g/mol. The van der Waals surface area contributed by atoms with Gasteiger partial charge in [0, 0.05) is 44.1 Å². The van der Waals surface area contributed by atoms with Gasteiger partial charge in [-0.2, -0.15) is 0 Å². The average molecular weight is 454 g/mol. The predicted molar refractivity (Wildman–Crippen MR) is 136 cm³/mol. The summed E-state index contributed by atoms with van der Waals surface area (Å²) in [5.74, 6) is 2.98. The van der Waals surface area contributed by atoms with Gasteiger partial charge in [-0.15, -0.1) is 0 Å². The molecule has 0 atom stereocenters. The van der Waals surface area contributed by atoms with Crippen molar-refractivity contribution in [2.75, 3.05) is 41.7 Å². The van der Waals surface area contributed by atoms with Crippen molar-refractivity contribution in [2.24, 2.45) is 0 Å². The van der Waals surface area contributed by atoms with Crippen molar-refractivity contribution < 1.29 is 4.79 Å². The number of rotatable bonds is 4. The van der Waals surface area contributed by atoms with Gasteiger partial charge in [0.2, 0.25) is 0 Å². The number of pyridine rings is 1. The molecule has 2 aromatic carbocycles. The average Bonchev–Trinajstić information content (AvgIpc) is 2.84. The van der Waals surface area contributed by atoms with Crippen LogP contribution in [0.15, 0.2) is 66.9 Å². The highest BCUT2D eigenvalue weighted by Crippen LogP contribution is 2.22. The number of piperazine rings is 1. The summed E-state index contributed by atoms with van der Waals surface area (Å²) < 4.78 is 0. The van der Waals surface area contributed by atoms with E-state index in [0.29, 0.717) is 37.8 Å². The third-order valence-electron chi connectivity index (χ3n) is 5.89. The van der Waals surface area contributed by atoms with Crippen LogP contribution in [-0.4, -0.2) is 52.1 Å². The van der Waals surface area contributed by atoms with E-state index in [9.17, 15) is 4.79 Å². The highest BCUT2D eigenvalue weighted by Gasteiger charge is 2.22. The van der Waals surface area contributed by atoms with Gasteiger partial charge in [0.15, 0.2) is 0 Å². The number of amides is 2. The van der Waals surface area contributed by atoms with Gasteiger partial charge >= 0.3 is 6.03 Å². The number of hydrogen-bond donors (Lipinski definition) is 2. The fourth-order valence-corrected chi connectivity index (χ4v) is 4.12. The second-order valence-corrected chi connectivity index (χ2v) is 8.47. The maximum atomic E-state index is 12.8. The first-order chi connectivity index (χ1) is 16.5. The van der Waals surface area contributed by atoms with E-state index in [1.54, 1.807) is 6.20 Å². The largest absolute Gasteiger partial charge is 0.353 e. The zero-order valence-corrected chi connectivity index (χ0v) is 19.3. The molecule has 0 spiro atoms. The molecule has 0 radical (unpaired) electrons. The van der Waals surface area contributed by atoms with E-state index < -0.39 is 0 Å². The van der Waals surface area contributed by atoms with E-state index >= 15 is 0 Å². The van der Waals surface area contributed by atoms with Crippen LogP contribution in [0.25, 0.3) is 10.8 Å². The summed E-state index contributed by atoms with van der Waals surface area (Å²) in [6.45, 7) is 6.54. The van der Waals surface area contributed by atoms with Crippen molar-refractivity contribution in [1.82, 2.24) is 19.9 Å². The van der Waals surface area contributed by atoms with Crippen molar-refractivity contribution in [3.8, 4) is 0 Å². The number of urea groups is 1. The van der Waals surface area contributed by atoms with Gasteiger partial charge in [-0.3, -0.25) is 0 Å². The first-order valence-electron chi connectivity index (χ1n) is 11.4. The molecular weight excluding hydrogens is 426 g/mol. The molecule has 1 aliphatic rings. The van der Waals surface area contributed by atoms with E-state index in [1.807, 2.05) is 73.3 Å². The number of fused-ring (bicyclic) bond motifs is 1. The molecule has 3 heterocycles. The molecular formula is C26H27N7O. The molecule has 0 bridgehead atoms. The number of carbonyl (C=O) groups is 1. The Kier molecular flexibility index (Phi) is 5.95. The lowest BCUT2D eigenvalue weighted by atomic mass is 10.1. The first-order valence-corrected chi connectivity index (χ1v) is 11.4. The number of nitrogens with one attached hydrogen (secondary N) is 2. The number of aromatic nitrogens is 3. The Bertz CT molecular complexity index is 1330. The minimum absolute atomic E-state index is 0.0818. The molecule has 5 rings (SSSR count). The van der Waals surface area contributed by atoms with Gasteiger partial charge in [0.05, 0.1) is 0 Å². The molecule has 2 N–H and O–H groups in total. The van der Waals surface area contributed by atoms with Gasteiger partial charge in [0.25, 0.3) is 0 Å². The molecule has 8 heteroatoms. The lowest BCUT2D eigenvalue weighted by molar-refractivity contribution is 0.208. The summed E-state index contributed by atoms with van der Waals surface area (Å²) >= 11 is 0. The number of hydrogen-bond acceptors (Lipinski definition) is 6. The minimum Gasteiger partial charge on any atom is -0.353 e. The zero-order chi connectivity index (χ0) is 23.5. The van der Waals surface area contributed by atoms with Gasteiger partial charge < -0.3 is 20.4 Å². The molecule has 2 aromatic heterocycles. The quantitative estimate of drug-likeness (QED) is 0.464. The molecule has 34 heavy (non-hydrogen) atoms. The molecule has 0 saturated carbocycles. The van der Waals surface area contributed by atoms with Crippen LogP contribution in [0.4, 0.5) is 27.9 Å². The Hall–Kier alpha value is -4.20. The maximum absolute atomic E-state index is 12.8. The number of aryl methyl sites for hydroxylation is 2. The fourth-order valence-electron chi connectivity index (χ4n) is 4.12. The molecule has 172 valence electrons. The lowest BCUT2D eigenvalue weighted by Crippen LogP contribution is -2.50. The molecule has 4 aromatic rings. The van der Waals surface area contributed by atoms with Crippen LogP contribution >= 0.6 is 0 Å². The van der Waals surface area contributed by atoms with Crippen LogP contribution < -0.4 is 15.5 Å². The van der Waals surface area contributed by atoms with Crippen LogP contribution in [0, 0.1) is 13.8 Å². The molecule has 1 saturated heterocycles. The highest BCUT2D eigenvalue weighted by atomic mass is 16.2. The Morgan fingerprint density at radius 1 is 0.853 bits per heavy atom. The topological polar surface area (TPSA) is 86.3 Å². The summed E-state index contributed by atoms with van der Waals surface area (Å²) in [6, 6.07) is 19.9. The second-order valence-electron chi connectivity index (χ2n) is 8.47. The van der Waals surface area contributed by atoms with Crippen LogP contribution in [0.1, 0.15) is 11.4 Å². The van der Waals surface area contributed by atoms with Crippen molar-refractivity contribution in [2.45, 2.75) is 13.8 Å². The number of benzene rings is 2. The Labute approximate surface area is 198 Å². The van der Waals surface area contributed by atoms with Crippen molar-refractivity contribution in [3.63, 3.8) is 0 Å². The maximum Gasteiger partial charge on any atom is 0.321 e. The van der Waals surface area contributed by atoms with Crippen LogP contribution in [0.5, 0.6) is 0 Å². The molecule has 0 unspecified atom stereocenters. The normalized spacial score (nSPS) is 13.7. The van der Waals surface area contributed by atoms with E-state index in [1.165, 1.54) is 0 Å². The van der Waals surface area contributed by atoms with E-state index in [4.69, 9.17) is 0 Å². The zero-order valence-electron chi connectivity index (χ0n) is 19.3. The summed E-state index contributed by atoms with van der Waals surface area (Å²) in [6.07, 6.45) is 1.77. The Morgan fingerprint density at radius 3 is 2.44 bits per heavy atom. The smallest absolute Gasteiger partial charge is 0.321 e. The van der Waals surface area contributed by atoms with Crippen LogP contribution in [0.2, 0.25) is 0 Å². The molecule has 2 amide bonds. The number of anilines is 4. The van der Waals surface area contributed by atoms with E-state index in [2.05, 4.69) is 36.6 Å². The van der Waals surface area contributed by atoms with Gasteiger partial charge in [0.1, 0.15) is 23.3 Å². The summed E-state index contributed by atoms with van der Waals surface area (Å²) in [4.78, 5) is 30.3. The van der Waals surface area contributed by atoms with Crippen LogP contribution in [0.3, 0.4) is 0 Å². The molecule has 0 aliphatic carbocycles. The van der Waals surface area contributed by atoms with Gasteiger partial charge in [-0.1, -0.05) is 30.3 Å². The third-order valence-corrected chi connectivity index (χ3v) is 5.89. The van der Waals surface area contributed by atoms with Gasteiger partial charge in [-0.25, -0.2) is 19.7 Å². The highest BCUT2D eigenvalue weighted by molar-refractivity contribution is 5.93. The van der Waals surface area contributed by atoms with E-state index in [-0.39, 0.29) is 6.03 Å². The Balaban J connectivity index is 1.22. The molecule has 1 aliphatic heterocycles. The lowest BCUT2D eigenvalue weighted by Gasteiger charge is -2.35. The van der Waals surface area contributed by atoms with Crippen LogP contribution in [-0.2, 0) is 0 Å². The van der Waals surface area contributed by atoms with Crippen molar-refractivity contribution in [1.29, 1.82) is 0 Å². The fraction of sp³-hybridized carbons (Fsp3) is 0.231.